The Morgan fingerprint density at radius 2 is 1.92 bits per heavy atom. The summed E-state index contributed by atoms with van der Waals surface area (Å²) < 4.78 is 5.10. The molecule has 0 spiro atoms. The topological polar surface area (TPSA) is 70.6 Å². The lowest BCUT2D eigenvalue weighted by Crippen LogP contribution is -2.48. The summed E-state index contributed by atoms with van der Waals surface area (Å²) in [4.78, 5) is 12.3. The van der Waals surface area contributed by atoms with Crippen LogP contribution in [0.3, 0.4) is 0 Å². The summed E-state index contributed by atoms with van der Waals surface area (Å²) in [6.07, 6.45) is -0.0728. The van der Waals surface area contributed by atoms with Gasteiger partial charge >= 0.3 is 0 Å². The Balaban J connectivity index is 0.00000225. The Hall–Kier alpha value is -2.08. The molecule has 2 aromatic carbocycles. The van der Waals surface area contributed by atoms with Crippen molar-refractivity contribution >= 4 is 18.3 Å². The number of aliphatic hydroxyl groups excluding tert-OH is 1. The van der Waals surface area contributed by atoms with E-state index in [0.717, 1.165) is 11.3 Å². The van der Waals surface area contributed by atoms with Crippen LogP contribution in [0.2, 0.25) is 0 Å². The normalized spacial score (nSPS) is 17.0. The van der Waals surface area contributed by atoms with Crippen LogP contribution in [-0.2, 0) is 17.8 Å². The maximum atomic E-state index is 12.3. The smallest absolute Gasteiger partial charge is 0.237 e. The number of halogens is 1. The van der Waals surface area contributed by atoms with E-state index < -0.39 is 6.10 Å². The Kier molecular flexibility index (Phi) is 6.82. The molecule has 2 unspecified atom stereocenters. The van der Waals surface area contributed by atoms with E-state index in [-0.39, 0.29) is 30.9 Å². The number of fused-ring (bicyclic) bond motifs is 1. The van der Waals surface area contributed by atoms with Crippen molar-refractivity contribution in [3.05, 3.63) is 65.2 Å². The molecule has 0 fully saturated rings. The molecule has 1 aliphatic heterocycles. The summed E-state index contributed by atoms with van der Waals surface area (Å²) in [6.45, 7) is 0.875. The number of rotatable bonds is 5. The number of nitrogens with one attached hydrogen (secondary N) is 2. The molecule has 134 valence electrons. The van der Waals surface area contributed by atoms with Crippen molar-refractivity contribution in [3.63, 3.8) is 0 Å². The van der Waals surface area contributed by atoms with Gasteiger partial charge in [0, 0.05) is 13.1 Å². The molecule has 0 saturated heterocycles. The van der Waals surface area contributed by atoms with Crippen molar-refractivity contribution in [2.24, 2.45) is 0 Å². The van der Waals surface area contributed by atoms with Crippen LogP contribution in [0.5, 0.6) is 5.75 Å². The van der Waals surface area contributed by atoms with Gasteiger partial charge in [0.15, 0.2) is 0 Å². The predicted octanol–water partition coefficient (Wildman–Crippen LogP) is 1.98. The SMILES string of the molecule is COc1ccc(C(O)CNC(=O)C2Cc3ccccc3CN2)cc1.Cl. The average molecular weight is 363 g/mol. The van der Waals surface area contributed by atoms with Crippen molar-refractivity contribution in [1.29, 1.82) is 0 Å². The molecule has 6 heteroatoms. The molecule has 0 bridgehead atoms. The molecular weight excluding hydrogens is 340 g/mol. The lowest BCUT2D eigenvalue weighted by molar-refractivity contribution is -0.123. The molecule has 1 heterocycles. The minimum atomic E-state index is -0.740. The average Bonchev–Trinajstić information content (AvgIpc) is 2.65. The predicted molar refractivity (Wildman–Crippen MR) is 99.0 cm³/mol. The minimum Gasteiger partial charge on any atom is -0.497 e. The van der Waals surface area contributed by atoms with Gasteiger partial charge in [-0.1, -0.05) is 36.4 Å². The van der Waals surface area contributed by atoms with Crippen LogP contribution < -0.4 is 15.4 Å². The number of aliphatic hydroxyl groups is 1. The summed E-state index contributed by atoms with van der Waals surface area (Å²) in [5.41, 5.74) is 3.19. The fourth-order valence-corrected chi connectivity index (χ4v) is 2.90. The maximum Gasteiger partial charge on any atom is 0.237 e. The van der Waals surface area contributed by atoms with E-state index in [1.807, 2.05) is 12.1 Å². The first-order chi connectivity index (χ1) is 11.7. The number of benzene rings is 2. The maximum absolute atomic E-state index is 12.3. The molecule has 1 aliphatic rings. The highest BCUT2D eigenvalue weighted by atomic mass is 35.5. The molecular formula is C19H23ClN2O3. The molecule has 5 nitrogen and oxygen atoms in total. The van der Waals surface area contributed by atoms with Gasteiger partial charge in [0.2, 0.25) is 5.91 Å². The van der Waals surface area contributed by atoms with Crippen molar-refractivity contribution in [1.82, 2.24) is 10.6 Å². The Morgan fingerprint density at radius 3 is 2.60 bits per heavy atom. The van der Waals surface area contributed by atoms with Crippen molar-refractivity contribution in [3.8, 4) is 5.75 Å². The molecule has 3 N–H and O–H groups in total. The van der Waals surface area contributed by atoms with Gasteiger partial charge in [-0.3, -0.25) is 4.79 Å². The standard InChI is InChI=1S/C19H22N2O3.ClH/c1-24-16-8-6-13(7-9-16)18(22)12-21-19(23)17-10-14-4-2-3-5-15(14)11-20-17;/h2-9,17-18,20,22H,10-12H2,1H3,(H,21,23);1H. The first-order valence-corrected chi connectivity index (χ1v) is 8.07. The molecule has 0 aliphatic carbocycles. The molecule has 0 radical (unpaired) electrons. The van der Waals surface area contributed by atoms with E-state index in [9.17, 15) is 9.90 Å². The number of amides is 1. The van der Waals surface area contributed by atoms with Crippen molar-refractivity contribution in [2.75, 3.05) is 13.7 Å². The van der Waals surface area contributed by atoms with Gasteiger partial charge in [0.1, 0.15) is 5.75 Å². The third-order valence-corrected chi connectivity index (χ3v) is 4.37. The van der Waals surface area contributed by atoms with Crippen LogP contribution >= 0.6 is 12.4 Å². The van der Waals surface area contributed by atoms with Crippen LogP contribution in [0.4, 0.5) is 0 Å². The zero-order valence-electron chi connectivity index (χ0n) is 14.1. The summed E-state index contributed by atoms with van der Waals surface area (Å²) in [6, 6.07) is 15.0. The highest BCUT2D eigenvalue weighted by molar-refractivity contribution is 5.85. The van der Waals surface area contributed by atoms with Crippen molar-refractivity contribution in [2.45, 2.75) is 25.1 Å². The van der Waals surface area contributed by atoms with Crippen LogP contribution in [0.25, 0.3) is 0 Å². The second-order valence-corrected chi connectivity index (χ2v) is 5.94. The van der Waals surface area contributed by atoms with Gasteiger partial charge in [-0.05, 0) is 35.2 Å². The van der Waals surface area contributed by atoms with Crippen molar-refractivity contribution < 1.29 is 14.6 Å². The van der Waals surface area contributed by atoms with Crippen LogP contribution in [0, 0.1) is 0 Å². The lowest BCUT2D eigenvalue weighted by atomic mass is 9.95. The van der Waals surface area contributed by atoms with E-state index in [4.69, 9.17) is 4.74 Å². The summed E-state index contributed by atoms with van der Waals surface area (Å²) in [5, 5.41) is 16.3. The van der Waals surface area contributed by atoms with E-state index in [1.54, 1.807) is 31.4 Å². The van der Waals surface area contributed by atoms with E-state index in [2.05, 4.69) is 22.8 Å². The second kappa shape index (κ2) is 8.85. The van der Waals surface area contributed by atoms with Gasteiger partial charge in [0.25, 0.3) is 0 Å². The van der Waals surface area contributed by atoms with Gasteiger partial charge < -0.3 is 20.5 Å². The number of carbonyl (C=O) groups excluding carboxylic acids is 1. The lowest BCUT2D eigenvalue weighted by Gasteiger charge is -2.25. The number of methoxy groups -OCH3 is 1. The molecule has 1 amide bonds. The summed E-state index contributed by atoms with van der Waals surface area (Å²) in [7, 11) is 1.60. The number of ether oxygens (including phenoxy) is 1. The van der Waals surface area contributed by atoms with Crippen LogP contribution in [0.1, 0.15) is 22.8 Å². The summed E-state index contributed by atoms with van der Waals surface area (Å²) >= 11 is 0. The molecule has 0 aromatic heterocycles. The molecule has 25 heavy (non-hydrogen) atoms. The van der Waals surface area contributed by atoms with E-state index in [0.29, 0.717) is 13.0 Å². The fraction of sp³-hybridized carbons (Fsp3) is 0.316. The molecule has 0 saturated carbocycles. The fourth-order valence-electron chi connectivity index (χ4n) is 2.90. The molecule has 2 atom stereocenters. The number of hydrogen-bond donors (Lipinski definition) is 3. The quantitative estimate of drug-likeness (QED) is 0.760. The van der Waals surface area contributed by atoms with Gasteiger partial charge in [-0.15, -0.1) is 12.4 Å². The zero-order valence-corrected chi connectivity index (χ0v) is 14.9. The van der Waals surface area contributed by atoms with Crippen LogP contribution in [-0.4, -0.2) is 30.7 Å². The first-order valence-electron chi connectivity index (χ1n) is 8.07. The largest absolute Gasteiger partial charge is 0.497 e. The Labute approximate surface area is 153 Å². The third-order valence-electron chi connectivity index (χ3n) is 4.37. The van der Waals surface area contributed by atoms with Crippen LogP contribution in [0.15, 0.2) is 48.5 Å². The Morgan fingerprint density at radius 1 is 1.24 bits per heavy atom. The number of hydrogen-bond acceptors (Lipinski definition) is 4. The highest BCUT2D eigenvalue weighted by Crippen LogP contribution is 2.18. The zero-order chi connectivity index (χ0) is 16.9. The first kappa shape index (κ1) is 19.2. The number of carbonyl (C=O) groups is 1. The van der Waals surface area contributed by atoms with Gasteiger partial charge in [-0.25, -0.2) is 0 Å². The highest BCUT2D eigenvalue weighted by Gasteiger charge is 2.24. The second-order valence-electron chi connectivity index (χ2n) is 5.94. The summed E-state index contributed by atoms with van der Waals surface area (Å²) in [5.74, 6) is 0.650. The van der Waals surface area contributed by atoms with Gasteiger partial charge in [-0.2, -0.15) is 0 Å². The van der Waals surface area contributed by atoms with E-state index in [1.165, 1.54) is 11.1 Å². The minimum absolute atomic E-state index is 0. The molecule has 2 aromatic rings. The van der Waals surface area contributed by atoms with E-state index >= 15 is 0 Å². The van der Waals surface area contributed by atoms with Gasteiger partial charge in [0.05, 0.1) is 19.3 Å². The third kappa shape index (κ3) is 4.72. The molecule has 3 rings (SSSR count). The monoisotopic (exact) mass is 362 g/mol. The Bertz CT molecular complexity index is 706.